The summed E-state index contributed by atoms with van der Waals surface area (Å²) in [5, 5.41) is 0. The van der Waals surface area contributed by atoms with E-state index in [-0.39, 0.29) is 37.5 Å². The van der Waals surface area contributed by atoms with Gasteiger partial charge in [-0.25, -0.2) is 0 Å². The lowest BCUT2D eigenvalue weighted by Gasteiger charge is -2.18. The van der Waals surface area contributed by atoms with Crippen molar-refractivity contribution >= 4 is 17.9 Å². The fourth-order valence-corrected chi connectivity index (χ4v) is 8.17. The lowest BCUT2D eigenvalue weighted by molar-refractivity contribution is -0.167. The Morgan fingerprint density at radius 2 is 0.444 bits per heavy atom. The summed E-state index contributed by atoms with van der Waals surface area (Å²) in [5.74, 6) is -1.00. The summed E-state index contributed by atoms with van der Waals surface area (Å²) < 4.78 is 16.9. The average Bonchev–Trinajstić information content (AvgIpc) is 3.46. The van der Waals surface area contributed by atoms with Crippen molar-refractivity contribution in [2.45, 2.75) is 258 Å². The molecule has 0 aromatic rings. The first-order valence-corrected chi connectivity index (χ1v) is 32.3. The largest absolute Gasteiger partial charge is 0.462 e. The normalized spacial score (nSPS) is 13.4. The minimum absolute atomic E-state index is 0.118. The van der Waals surface area contributed by atoms with E-state index in [4.69, 9.17) is 14.2 Å². The van der Waals surface area contributed by atoms with Gasteiger partial charge in [0.1, 0.15) is 13.2 Å². The van der Waals surface area contributed by atoms with Crippen LogP contribution in [0.5, 0.6) is 0 Å². The predicted octanol–water partition coefficient (Wildman–Crippen LogP) is 22.4. The molecule has 0 rings (SSSR count). The zero-order valence-electron chi connectivity index (χ0n) is 51.7. The Morgan fingerprint density at radius 1 is 0.247 bits per heavy atom. The Balaban J connectivity index is 4.48. The predicted molar refractivity (Wildman–Crippen MR) is 352 cm³/mol. The first-order chi connectivity index (χ1) is 40.0. The minimum Gasteiger partial charge on any atom is -0.462 e. The number of hydrogen-bond acceptors (Lipinski definition) is 6. The molecule has 0 amide bonds. The maximum atomic E-state index is 12.9. The molecule has 0 aliphatic rings. The number of carbonyl (C=O) groups excluding carboxylic acids is 3. The molecule has 0 fully saturated rings. The zero-order chi connectivity index (χ0) is 58.5. The number of carbonyl (C=O) groups is 3. The highest BCUT2D eigenvalue weighted by molar-refractivity contribution is 5.71. The highest BCUT2D eigenvalue weighted by Gasteiger charge is 2.19. The van der Waals surface area contributed by atoms with Gasteiger partial charge in [-0.1, -0.05) is 261 Å². The molecule has 0 saturated heterocycles. The van der Waals surface area contributed by atoms with Gasteiger partial charge >= 0.3 is 17.9 Å². The topological polar surface area (TPSA) is 78.9 Å². The SMILES string of the molecule is CC/C=C\C/C=C\C/C=C\C/C=C\C/C=C\C/C=C\C/C=C\C/C=C\CCCCC(=O)OCC(COC(=O)CCCCC/C=C\C/C=C\C/C=C\CC)OC(=O)CCCCCCCCCCCC/C=C\C/C=C\C/C=C\C/C=C\CC. The smallest absolute Gasteiger partial charge is 0.306 e. The zero-order valence-corrected chi connectivity index (χ0v) is 51.7. The number of esters is 3. The van der Waals surface area contributed by atoms with Crippen molar-refractivity contribution in [3.05, 3.63) is 182 Å². The second kappa shape index (κ2) is 67.0. The second-order valence-electron chi connectivity index (χ2n) is 20.5. The highest BCUT2D eigenvalue weighted by Crippen LogP contribution is 2.14. The van der Waals surface area contributed by atoms with Crippen LogP contribution >= 0.6 is 0 Å². The molecule has 0 saturated carbocycles. The van der Waals surface area contributed by atoms with Crippen LogP contribution in [0.1, 0.15) is 252 Å². The number of unbranched alkanes of at least 4 members (excludes halogenated alkanes) is 15. The van der Waals surface area contributed by atoms with E-state index in [1.165, 1.54) is 44.9 Å². The lowest BCUT2D eigenvalue weighted by atomic mass is 10.0. The summed E-state index contributed by atoms with van der Waals surface area (Å²) in [4.78, 5) is 38.3. The Labute approximate surface area is 497 Å². The molecule has 0 aromatic heterocycles. The van der Waals surface area contributed by atoms with Gasteiger partial charge in [0.25, 0.3) is 0 Å². The van der Waals surface area contributed by atoms with E-state index in [1.807, 2.05) is 0 Å². The number of ether oxygens (including phenoxy) is 3. The van der Waals surface area contributed by atoms with E-state index >= 15 is 0 Å². The molecule has 0 radical (unpaired) electrons. The third-order valence-electron chi connectivity index (χ3n) is 12.9. The summed E-state index contributed by atoms with van der Waals surface area (Å²) in [6, 6.07) is 0. The van der Waals surface area contributed by atoms with Crippen molar-refractivity contribution in [2.24, 2.45) is 0 Å². The van der Waals surface area contributed by atoms with Gasteiger partial charge in [-0.15, -0.1) is 0 Å². The number of allylic oxidation sites excluding steroid dienone is 30. The molecule has 0 aliphatic carbocycles. The molecule has 452 valence electrons. The van der Waals surface area contributed by atoms with E-state index in [9.17, 15) is 14.4 Å². The van der Waals surface area contributed by atoms with Crippen molar-refractivity contribution in [3.63, 3.8) is 0 Å². The van der Waals surface area contributed by atoms with E-state index in [0.717, 1.165) is 161 Å². The van der Waals surface area contributed by atoms with Gasteiger partial charge in [0.05, 0.1) is 0 Å². The maximum absolute atomic E-state index is 12.9. The Bertz CT molecular complexity index is 1900. The molecule has 6 nitrogen and oxygen atoms in total. The third-order valence-corrected chi connectivity index (χ3v) is 12.9. The molecule has 1 atom stereocenters. The third kappa shape index (κ3) is 65.2. The molecule has 81 heavy (non-hydrogen) atoms. The van der Waals surface area contributed by atoms with E-state index in [0.29, 0.717) is 19.3 Å². The van der Waals surface area contributed by atoms with Crippen LogP contribution in [0.25, 0.3) is 0 Å². The molecule has 0 N–H and O–H groups in total. The van der Waals surface area contributed by atoms with E-state index < -0.39 is 6.10 Å². The lowest BCUT2D eigenvalue weighted by Crippen LogP contribution is -2.30. The second-order valence-corrected chi connectivity index (χ2v) is 20.5. The van der Waals surface area contributed by atoms with Crippen LogP contribution in [-0.4, -0.2) is 37.2 Å². The first kappa shape index (κ1) is 75.5. The van der Waals surface area contributed by atoms with Crippen molar-refractivity contribution in [1.82, 2.24) is 0 Å². The van der Waals surface area contributed by atoms with Gasteiger partial charge in [0.2, 0.25) is 0 Å². The first-order valence-electron chi connectivity index (χ1n) is 32.3. The summed E-state index contributed by atoms with van der Waals surface area (Å²) in [6.07, 6.45) is 100. The molecule has 0 aromatic carbocycles. The van der Waals surface area contributed by atoms with Gasteiger partial charge in [0.15, 0.2) is 6.10 Å². The molecular weight excluding hydrogens is 997 g/mol. The van der Waals surface area contributed by atoms with Crippen molar-refractivity contribution in [3.8, 4) is 0 Å². The van der Waals surface area contributed by atoms with E-state index in [2.05, 4.69) is 203 Å². The van der Waals surface area contributed by atoms with E-state index in [1.54, 1.807) is 0 Å². The average molecular weight is 1110 g/mol. The number of rotatable bonds is 56. The number of hydrogen-bond donors (Lipinski definition) is 0. The molecule has 0 heterocycles. The highest BCUT2D eigenvalue weighted by atomic mass is 16.6. The quantitative estimate of drug-likeness (QED) is 0.0261. The Kier molecular flexibility index (Phi) is 62.5. The molecule has 1 unspecified atom stereocenters. The summed E-state index contributed by atoms with van der Waals surface area (Å²) >= 11 is 0. The van der Waals surface area contributed by atoms with Crippen LogP contribution in [-0.2, 0) is 28.6 Å². The molecule has 6 heteroatoms. The fourth-order valence-electron chi connectivity index (χ4n) is 8.17. The minimum atomic E-state index is -0.823. The van der Waals surface area contributed by atoms with Gasteiger partial charge in [0, 0.05) is 19.3 Å². The molecule has 0 spiro atoms. The van der Waals surface area contributed by atoms with Crippen LogP contribution in [0.15, 0.2) is 182 Å². The van der Waals surface area contributed by atoms with Crippen molar-refractivity contribution in [2.75, 3.05) is 13.2 Å². The van der Waals surface area contributed by atoms with Crippen LogP contribution in [0.3, 0.4) is 0 Å². The van der Waals surface area contributed by atoms with Gasteiger partial charge < -0.3 is 14.2 Å². The van der Waals surface area contributed by atoms with Crippen LogP contribution in [0, 0.1) is 0 Å². The van der Waals surface area contributed by atoms with Gasteiger partial charge in [-0.3, -0.25) is 14.4 Å². The van der Waals surface area contributed by atoms with Crippen molar-refractivity contribution < 1.29 is 28.6 Å². The molecular formula is C75H116O6. The standard InChI is InChI=1S/C75H116O6/c1-4-7-10-13-16-19-22-25-27-29-31-33-35-36-37-38-40-41-43-45-47-50-53-56-59-62-65-68-74(77)80-71-72(70-79-73(76)67-64-61-58-55-52-49-24-21-18-15-12-9-6-3)81-75(78)69-66-63-60-57-54-51-48-46-44-42-39-34-32-30-28-26-23-20-17-14-11-8-5-2/h7-12,16-21,25-28,31-34,36-37,40-41,45,47,49,52-53,56,72H,4-6,13-15,22-24,29-30,35,38-39,42-44,46,48,50-51,54-55,57-71H2,1-3H3/b10-7-,11-8-,12-9-,19-16-,20-17-,21-18-,27-25-,28-26-,33-31-,34-32-,37-36-,41-40-,47-45-,52-49-,56-53-. The molecule has 0 aliphatic heterocycles. The van der Waals surface area contributed by atoms with Crippen LogP contribution in [0.4, 0.5) is 0 Å². The van der Waals surface area contributed by atoms with Gasteiger partial charge in [-0.2, -0.15) is 0 Å². The van der Waals surface area contributed by atoms with Crippen molar-refractivity contribution in [1.29, 1.82) is 0 Å². The van der Waals surface area contributed by atoms with Crippen LogP contribution in [0.2, 0.25) is 0 Å². The Morgan fingerprint density at radius 3 is 0.728 bits per heavy atom. The van der Waals surface area contributed by atoms with Gasteiger partial charge in [-0.05, 0) is 154 Å². The molecule has 0 bridgehead atoms. The summed E-state index contributed by atoms with van der Waals surface area (Å²) in [5.41, 5.74) is 0. The maximum Gasteiger partial charge on any atom is 0.306 e. The van der Waals surface area contributed by atoms with Crippen LogP contribution < -0.4 is 0 Å². The monoisotopic (exact) mass is 1110 g/mol. The summed E-state index contributed by atoms with van der Waals surface area (Å²) in [7, 11) is 0. The summed E-state index contributed by atoms with van der Waals surface area (Å²) in [6.45, 7) is 6.22. The fraction of sp³-hybridized carbons (Fsp3) is 0.560. The Hall–Kier alpha value is -5.49.